The molecule has 0 aromatic rings. The average Bonchev–Trinajstić information content (AvgIpc) is 2.33. The first-order chi connectivity index (χ1) is 4.47. The van der Waals surface area contributed by atoms with Crippen LogP contribution in [0.15, 0.2) is 29.3 Å². The van der Waals surface area contributed by atoms with Gasteiger partial charge in [0.1, 0.15) is 5.55 Å². The van der Waals surface area contributed by atoms with Crippen molar-refractivity contribution in [2.75, 3.05) is 0 Å². The molecule has 2 aliphatic rings. The molecular formula is C7H6NS. The Morgan fingerprint density at radius 1 is 1.33 bits per heavy atom. The maximum atomic E-state index is 4.13. The maximum absolute atomic E-state index is 4.13. The Labute approximate surface area is 58.6 Å². The van der Waals surface area contributed by atoms with Gasteiger partial charge >= 0.3 is 0 Å². The summed E-state index contributed by atoms with van der Waals surface area (Å²) in [6, 6.07) is 0.375. The molecule has 0 aromatic carbocycles. The smallest absolute Gasteiger partial charge is 0.124 e. The van der Waals surface area contributed by atoms with Crippen molar-refractivity contribution in [3.05, 3.63) is 24.3 Å². The summed E-state index contributed by atoms with van der Waals surface area (Å²) in [5.74, 6) is 0. The Hall–Kier alpha value is -0.500. The third-order valence-corrected chi connectivity index (χ3v) is 2.37. The first-order valence-corrected chi connectivity index (χ1v) is 3.80. The minimum absolute atomic E-state index is 0.375. The van der Waals surface area contributed by atoms with Crippen LogP contribution in [0.5, 0.6) is 0 Å². The van der Waals surface area contributed by atoms with Crippen LogP contribution in [0.1, 0.15) is 0 Å². The van der Waals surface area contributed by atoms with Crippen LogP contribution in [0.4, 0.5) is 0 Å². The highest BCUT2D eigenvalue weighted by atomic mass is 32.2. The lowest BCUT2D eigenvalue weighted by Crippen LogP contribution is -2.13. The zero-order chi connectivity index (χ0) is 6.10. The van der Waals surface area contributed by atoms with E-state index < -0.39 is 0 Å². The fourth-order valence-electron chi connectivity index (χ4n) is 0.953. The zero-order valence-electron chi connectivity index (χ0n) is 4.82. The summed E-state index contributed by atoms with van der Waals surface area (Å²) in [5.41, 5.74) is 2.90. The van der Waals surface area contributed by atoms with E-state index in [-0.39, 0.29) is 0 Å². The SMILES string of the molecule is [C]1=NC2C=CC=CC2S1. The lowest BCUT2D eigenvalue weighted by atomic mass is 10.1. The summed E-state index contributed by atoms with van der Waals surface area (Å²) in [4.78, 5) is 4.13. The zero-order valence-corrected chi connectivity index (χ0v) is 5.64. The molecule has 1 heterocycles. The number of allylic oxidation sites excluding steroid dienone is 2. The van der Waals surface area contributed by atoms with E-state index in [0.717, 1.165) is 0 Å². The van der Waals surface area contributed by atoms with Gasteiger partial charge in [-0.2, -0.15) is 0 Å². The van der Waals surface area contributed by atoms with Crippen LogP contribution in [0.3, 0.4) is 0 Å². The van der Waals surface area contributed by atoms with Crippen molar-refractivity contribution in [3.8, 4) is 0 Å². The van der Waals surface area contributed by atoms with Crippen LogP contribution in [0, 0.1) is 0 Å². The monoisotopic (exact) mass is 136 g/mol. The highest BCUT2D eigenvalue weighted by Gasteiger charge is 2.21. The van der Waals surface area contributed by atoms with Crippen molar-refractivity contribution >= 4 is 17.3 Å². The van der Waals surface area contributed by atoms with Crippen molar-refractivity contribution in [3.63, 3.8) is 0 Å². The molecule has 2 unspecified atom stereocenters. The van der Waals surface area contributed by atoms with E-state index in [1.54, 1.807) is 11.8 Å². The maximum Gasteiger partial charge on any atom is 0.124 e. The third-order valence-electron chi connectivity index (χ3n) is 1.45. The standard InChI is InChI=1S/C7H6NS/c1-2-4-7-6(3-1)8-5-9-7/h1-4,6-7H. The van der Waals surface area contributed by atoms with Crippen molar-refractivity contribution in [1.29, 1.82) is 0 Å². The van der Waals surface area contributed by atoms with Crippen molar-refractivity contribution in [2.45, 2.75) is 11.3 Å². The molecule has 1 nitrogen and oxygen atoms in total. The molecule has 9 heavy (non-hydrogen) atoms. The van der Waals surface area contributed by atoms with Gasteiger partial charge in [0.2, 0.25) is 0 Å². The van der Waals surface area contributed by atoms with Crippen LogP contribution >= 0.6 is 11.8 Å². The van der Waals surface area contributed by atoms with Gasteiger partial charge in [-0.25, -0.2) is 0 Å². The largest absolute Gasteiger partial charge is 0.267 e. The Balaban J connectivity index is 2.25. The second-order valence-electron chi connectivity index (χ2n) is 2.06. The number of rotatable bonds is 0. The number of fused-ring (bicyclic) bond motifs is 1. The van der Waals surface area contributed by atoms with Gasteiger partial charge < -0.3 is 0 Å². The molecule has 1 radical (unpaired) electrons. The summed E-state index contributed by atoms with van der Waals surface area (Å²) in [6.45, 7) is 0. The van der Waals surface area contributed by atoms with E-state index in [1.807, 2.05) is 6.08 Å². The highest BCUT2D eigenvalue weighted by Crippen LogP contribution is 2.25. The number of thioether (sulfide) groups is 1. The van der Waals surface area contributed by atoms with Crippen LogP contribution in [0.2, 0.25) is 0 Å². The Bertz CT molecular complexity index is 193. The molecule has 0 spiro atoms. The van der Waals surface area contributed by atoms with E-state index >= 15 is 0 Å². The first-order valence-electron chi connectivity index (χ1n) is 2.92. The van der Waals surface area contributed by atoms with E-state index in [0.29, 0.717) is 11.3 Å². The van der Waals surface area contributed by atoms with Crippen LogP contribution in [0.25, 0.3) is 0 Å². The summed E-state index contributed by atoms with van der Waals surface area (Å²) in [7, 11) is 0. The minimum Gasteiger partial charge on any atom is -0.267 e. The fourth-order valence-corrected chi connectivity index (χ4v) is 1.72. The molecule has 0 amide bonds. The lowest BCUT2D eigenvalue weighted by molar-refractivity contribution is 0.864. The molecule has 0 saturated heterocycles. The van der Waals surface area contributed by atoms with Gasteiger partial charge in [0.15, 0.2) is 0 Å². The second-order valence-corrected chi connectivity index (χ2v) is 3.03. The summed E-state index contributed by atoms with van der Waals surface area (Å²) in [5, 5.41) is 0.537. The van der Waals surface area contributed by atoms with Gasteiger partial charge in [-0.3, -0.25) is 4.99 Å². The third kappa shape index (κ3) is 0.833. The van der Waals surface area contributed by atoms with Gasteiger partial charge in [0, 0.05) is 0 Å². The molecule has 1 aliphatic heterocycles. The number of hydrogen-bond acceptors (Lipinski definition) is 2. The number of hydrogen-bond donors (Lipinski definition) is 0. The molecule has 45 valence electrons. The van der Waals surface area contributed by atoms with Crippen LogP contribution < -0.4 is 0 Å². The van der Waals surface area contributed by atoms with Crippen LogP contribution in [-0.2, 0) is 0 Å². The summed E-state index contributed by atoms with van der Waals surface area (Å²) < 4.78 is 0. The molecule has 0 aromatic heterocycles. The van der Waals surface area contributed by atoms with Gasteiger partial charge in [-0.1, -0.05) is 36.1 Å². The van der Waals surface area contributed by atoms with Crippen molar-refractivity contribution in [2.24, 2.45) is 4.99 Å². The molecule has 2 heteroatoms. The second kappa shape index (κ2) is 2.03. The van der Waals surface area contributed by atoms with Crippen molar-refractivity contribution in [1.82, 2.24) is 0 Å². The summed E-state index contributed by atoms with van der Waals surface area (Å²) >= 11 is 1.67. The molecule has 2 atom stereocenters. The molecule has 2 rings (SSSR count). The Kier molecular flexibility index (Phi) is 1.19. The lowest BCUT2D eigenvalue weighted by Gasteiger charge is -2.10. The highest BCUT2D eigenvalue weighted by molar-refractivity contribution is 8.13. The Morgan fingerprint density at radius 3 is 3.11 bits per heavy atom. The van der Waals surface area contributed by atoms with Gasteiger partial charge in [-0.05, 0) is 0 Å². The van der Waals surface area contributed by atoms with Gasteiger partial charge in [0.25, 0.3) is 0 Å². The van der Waals surface area contributed by atoms with Crippen LogP contribution in [-0.4, -0.2) is 16.8 Å². The molecular weight excluding hydrogens is 130 g/mol. The first kappa shape index (κ1) is 5.30. The summed E-state index contributed by atoms with van der Waals surface area (Å²) in [6.07, 6.45) is 8.38. The normalized spacial score (nSPS) is 37.3. The van der Waals surface area contributed by atoms with E-state index in [1.165, 1.54) is 0 Å². The predicted molar refractivity (Wildman–Crippen MR) is 40.9 cm³/mol. The van der Waals surface area contributed by atoms with Crippen molar-refractivity contribution < 1.29 is 0 Å². The van der Waals surface area contributed by atoms with E-state index in [4.69, 9.17) is 0 Å². The van der Waals surface area contributed by atoms with E-state index in [9.17, 15) is 0 Å². The molecule has 0 saturated carbocycles. The van der Waals surface area contributed by atoms with E-state index in [2.05, 4.69) is 28.8 Å². The Morgan fingerprint density at radius 2 is 2.22 bits per heavy atom. The molecule has 0 bridgehead atoms. The topological polar surface area (TPSA) is 12.4 Å². The number of aliphatic imine (C=N–C) groups is 1. The molecule has 0 fully saturated rings. The fraction of sp³-hybridized carbons (Fsp3) is 0.286. The van der Waals surface area contributed by atoms with Gasteiger partial charge in [-0.15, -0.1) is 0 Å². The predicted octanol–water partition coefficient (Wildman–Crippen LogP) is 1.50. The molecule has 0 N–H and O–H groups in total. The average molecular weight is 136 g/mol. The van der Waals surface area contributed by atoms with Gasteiger partial charge in [0.05, 0.1) is 11.3 Å². The minimum atomic E-state index is 0.375. The molecule has 1 aliphatic carbocycles. The quantitative estimate of drug-likeness (QED) is 0.491. The number of nitrogens with zero attached hydrogens (tertiary/aromatic N) is 1.